The minimum Gasteiger partial charge on any atom is -0.463 e. The highest BCUT2D eigenvalue weighted by atomic mass is 16.5. The first-order valence-corrected chi connectivity index (χ1v) is 12.3. The van der Waals surface area contributed by atoms with Crippen molar-refractivity contribution >= 4 is 17.0 Å². The fraction of sp³-hybridized carbons (Fsp3) is 0.385. The first kappa shape index (κ1) is 21.8. The number of fused-ring (bicyclic) bond motifs is 5. The number of hydrogen-bond acceptors (Lipinski definition) is 7. The summed E-state index contributed by atoms with van der Waals surface area (Å²) in [5, 5.41) is 0. The largest absolute Gasteiger partial charge is 0.463 e. The average Bonchev–Trinajstić information content (AvgIpc) is 3.17. The van der Waals surface area contributed by atoms with Gasteiger partial charge in [-0.2, -0.15) is 9.97 Å². The summed E-state index contributed by atoms with van der Waals surface area (Å²) in [6, 6.07) is 8.93. The van der Waals surface area contributed by atoms with Crippen molar-refractivity contribution in [3.8, 4) is 6.01 Å². The van der Waals surface area contributed by atoms with Crippen molar-refractivity contribution < 1.29 is 4.74 Å². The third-order valence-corrected chi connectivity index (χ3v) is 7.01. The molecule has 0 unspecified atom stereocenters. The summed E-state index contributed by atoms with van der Waals surface area (Å²) in [6.07, 6.45) is 8.86. The Bertz CT molecular complexity index is 1430. The van der Waals surface area contributed by atoms with Crippen molar-refractivity contribution in [2.45, 2.75) is 51.7 Å². The second-order valence-electron chi connectivity index (χ2n) is 9.47. The maximum atomic E-state index is 12.9. The number of imidazole rings is 1. The predicted octanol–water partition coefficient (Wildman–Crippen LogP) is 2.81. The van der Waals surface area contributed by atoms with Gasteiger partial charge in [0.1, 0.15) is 5.52 Å². The van der Waals surface area contributed by atoms with Crippen LogP contribution in [0.25, 0.3) is 11.2 Å². The van der Waals surface area contributed by atoms with E-state index >= 15 is 0 Å². The molecule has 6 rings (SSSR count). The molecule has 9 heteroatoms. The molecule has 4 bridgehead atoms. The third-order valence-electron chi connectivity index (χ3n) is 7.01. The summed E-state index contributed by atoms with van der Waals surface area (Å²) in [5.74, 6) is 0.228. The summed E-state index contributed by atoms with van der Waals surface area (Å²) in [5.41, 5.74) is 13.4. The molecule has 2 aliphatic heterocycles. The molecule has 3 aromatic heterocycles. The molecule has 2 aliphatic rings. The molecular weight excluding hydrogens is 442 g/mol. The van der Waals surface area contributed by atoms with Gasteiger partial charge in [-0.15, -0.1) is 0 Å². The Labute approximate surface area is 203 Å². The number of nitrogen functional groups attached to an aromatic ring is 1. The number of ether oxygens (including phenoxy) is 1. The predicted molar refractivity (Wildman–Crippen MR) is 133 cm³/mol. The van der Waals surface area contributed by atoms with Gasteiger partial charge in [-0.1, -0.05) is 12.1 Å². The fourth-order valence-corrected chi connectivity index (χ4v) is 5.30. The van der Waals surface area contributed by atoms with Gasteiger partial charge in [0, 0.05) is 32.0 Å². The number of aryl methyl sites for hydroxylation is 1. The number of anilines is 1. The van der Waals surface area contributed by atoms with Gasteiger partial charge in [0.05, 0.1) is 13.2 Å². The minimum absolute atomic E-state index is 0.220. The lowest BCUT2D eigenvalue weighted by molar-refractivity contribution is 0.245. The molecule has 4 aromatic rings. The van der Waals surface area contributed by atoms with Crippen LogP contribution in [0.3, 0.4) is 0 Å². The molecule has 5 heterocycles. The second kappa shape index (κ2) is 9.14. The molecule has 9 nitrogen and oxygen atoms in total. The van der Waals surface area contributed by atoms with E-state index in [1.54, 1.807) is 4.57 Å². The van der Waals surface area contributed by atoms with Crippen LogP contribution in [0.5, 0.6) is 6.01 Å². The van der Waals surface area contributed by atoms with Crippen LogP contribution in [-0.2, 0) is 32.5 Å². The highest BCUT2D eigenvalue weighted by molar-refractivity contribution is 5.82. The third kappa shape index (κ3) is 4.39. The Morgan fingerprint density at radius 3 is 2.77 bits per heavy atom. The Morgan fingerprint density at radius 2 is 1.89 bits per heavy atom. The molecule has 0 saturated carbocycles. The normalized spacial score (nSPS) is 16.6. The average molecular weight is 472 g/mol. The SMILES string of the molecule is Nc1nc2nc3c1[nH]c(=O)n3Cc1cc(c3c(c1)CN(Cc1ccncc1)CC3)CCCCCO2. The number of nitrogens with one attached hydrogen (secondary N) is 1. The van der Waals surface area contributed by atoms with E-state index in [1.807, 2.05) is 12.4 Å². The Kier molecular flexibility index (Phi) is 5.69. The van der Waals surface area contributed by atoms with Gasteiger partial charge in [0.25, 0.3) is 0 Å². The fourth-order valence-electron chi connectivity index (χ4n) is 5.30. The minimum atomic E-state index is -0.246. The number of nitrogens with two attached hydrogens (primary N) is 1. The molecule has 1 aromatic carbocycles. The number of nitrogens with zero attached hydrogens (tertiary/aromatic N) is 5. The molecule has 0 radical (unpaired) electrons. The molecule has 35 heavy (non-hydrogen) atoms. The molecular formula is C26H29N7O2. The smallest absolute Gasteiger partial charge is 0.328 e. The van der Waals surface area contributed by atoms with Crippen molar-refractivity contribution in [3.05, 3.63) is 75.0 Å². The summed E-state index contributed by atoms with van der Waals surface area (Å²) < 4.78 is 7.40. The van der Waals surface area contributed by atoms with Crippen LogP contribution in [0.2, 0.25) is 0 Å². The number of aromatic nitrogens is 5. The van der Waals surface area contributed by atoms with Crippen molar-refractivity contribution in [2.24, 2.45) is 0 Å². The highest BCUT2D eigenvalue weighted by Crippen LogP contribution is 2.28. The quantitative estimate of drug-likeness (QED) is 0.462. The zero-order chi connectivity index (χ0) is 23.8. The van der Waals surface area contributed by atoms with E-state index in [9.17, 15) is 4.79 Å². The number of hydrogen-bond donors (Lipinski definition) is 2. The molecule has 0 saturated heterocycles. The van der Waals surface area contributed by atoms with Crippen LogP contribution in [0.4, 0.5) is 5.82 Å². The number of pyridine rings is 1. The lowest BCUT2D eigenvalue weighted by Gasteiger charge is -2.31. The van der Waals surface area contributed by atoms with E-state index in [0.29, 0.717) is 24.3 Å². The molecule has 0 atom stereocenters. The first-order valence-electron chi connectivity index (χ1n) is 12.3. The second-order valence-corrected chi connectivity index (χ2v) is 9.47. The van der Waals surface area contributed by atoms with Crippen molar-refractivity contribution in [3.63, 3.8) is 0 Å². The van der Waals surface area contributed by atoms with Crippen molar-refractivity contribution in [2.75, 3.05) is 18.9 Å². The number of H-pyrrole nitrogens is 1. The van der Waals surface area contributed by atoms with E-state index in [4.69, 9.17) is 10.5 Å². The van der Waals surface area contributed by atoms with E-state index in [1.165, 1.54) is 22.3 Å². The van der Waals surface area contributed by atoms with Crippen LogP contribution in [-0.4, -0.2) is 42.6 Å². The summed E-state index contributed by atoms with van der Waals surface area (Å²) in [7, 11) is 0. The van der Waals surface area contributed by atoms with E-state index in [2.05, 4.69) is 49.1 Å². The van der Waals surface area contributed by atoms with Crippen LogP contribution >= 0.6 is 0 Å². The molecule has 0 aliphatic carbocycles. The van der Waals surface area contributed by atoms with E-state index in [0.717, 1.165) is 57.3 Å². The van der Waals surface area contributed by atoms with Crippen LogP contribution in [0.1, 0.15) is 47.1 Å². The first-order chi connectivity index (χ1) is 17.1. The standard InChI is InChI=1S/C26H29N7O2/c27-23-22-24-31-25(30-23)35-11-3-1-2-4-19-12-18(15-33(24)26(34)29-22)13-20-16-32(10-7-21(19)20)14-17-5-8-28-9-6-17/h5-6,8-9,12-13H,1-4,7,10-11,14-16H2,(H,29,34)(H2,27,30,31). The molecule has 180 valence electrons. The maximum absolute atomic E-state index is 12.9. The van der Waals surface area contributed by atoms with Crippen LogP contribution in [0.15, 0.2) is 41.5 Å². The Balaban J connectivity index is 1.39. The lowest BCUT2D eigenvalue weighted by Crippen LogP contribution is -2.31. The van der Waals surface area contributed by atoms with Gasteiger partial charge in [0.2, 0.25) is 0 Å². The Morgan fingerprint density at radius 1 is 1.03 bits per heavy atom. The van der Waals surface area contributed by atoms with Gasteiger partial charge in [-0.05, 0) is 72.1 Å². The van der Waals surface area contributed by atoms with Gasteiger partial charge in [-0.25, -0.2) is 4.79 Å². The lowest BCUT2D eigenvalue weighted by atomic mass is 9.89. The van der Waals surface area contributed by atoms with Gasteiger partial charge >= 0.3 is 11.7 Å². The Hall–Kier alpha value is -3.72. The van der Waals surface area contributed by atoms with Crippen LogP contribution < -0.4 is 16.2 Å². The number of benzene rings is 1. The summed E-state index contributed by atoms with van der Waals surface area (Å²) in [6.45, 7) is 3.79. The molecule has 0 amide bonds. The molecule has 0 spiro atoms. The zero-order valence-corrected chi connectivity index (χ0v) is 19.7. The number of rotatable bonds is 2. The summed E-state index contributed by atoms with van der Waals surface area (Å²) in [4.78, 5) is 31.0. The van der Waals surface area contributed by atoms with Gasteiger partial charge in [-0.3, -0.25) is 14.5 Å². The number of aromatic amines is 1. The van der Waals surface area contributed by atoms with Crippen LogP contribution in [0, 0.1) is 0 Å². The van der Waals surface area contributed by atoms with Crippen molar-refractivity contribution in [1.82, 2.24) is 29.4 Å². The molecule has 3 N–H and O–H groups in total. The van der Waals surface area contributed by atoms with Crippen molar-refractivity contribution in [1.29, 1.82) is 0 Å². The van der Waals surface area contributed by atoms with E-state index in [-0.39, 0.29) is 17.5 Å². The van der Waals surface area contributed by atoms with Gasteiger partial charge < -0.3 is 15.5 Å². The summed E-state index contributed by atoms with van der Waals surface area (Å²) >= 11 is 0. The van der Waals surface area contributed by atoms with Gasteiger partial charge in [0.15, 0.2) is 11.5 Å². The molecule has 0 fully saturated rings. The zero-order valence-electron chi connectivity index (χ0n) is 19.7. The topological polar surface area (TPSA) is 115 Å². The monoisotopic (exact) mass is 471 g/mol. The van der Waals surface area contributed by atoms with E-state index < -0.39 is 0 Å². The highest BCUT2D eigenvalue weighted by Gasteiger charge is 2.22. The maximum Gasteiger partial charge on any atom is 0.328 e.